The van der Waals surface area contributed by atoms with Crippen molar-refractivity contribution in [3.8, 4) is 0 Å². The van der Waals surface area contributed by atoms with Crippen molar-refractivity contribution in [2.75, 3.05) is 11.5 Å². The van der Waals surface area contributed by atoms with E-state index in [2.05, 4.69) is 11.8 Å². The fourth-order valence-electron chi connectivity index (χ4n) is 1.19. The molecule has 0 aromatic carbocycles. The summed E-state index contributed by atoms with van der Waals surface area (Å²) in [5, 5.41) is 2.74. The van der Waals surface area contributed by atoms with Crippen LogP contribution in [0.2, 0.25) is 10.6 Å². The molecule has 0 aromatic heterocycles. The van der Waals surface area contributed by atoms with Crippen molar-refractivity contribution in [1.82, 2.24) is 0 Å². The molecular formula is C6H10OSSe. The summed E-state index contributed by atoms with van der Waals surface area (Å²) < 4.78 is 5.72. The summed E-state index contributed by atoms with van der Waals surface area (Å²) >= 11 is 2.98. The Bertz CT molecular complexity index is 89.2. The predicted octanol–water partition coefficient (Wildman–Crippen LogP) is 1.04. The predicted molar refractivity (Wildman–Crippen MR) is 41.4 cm³/mol. The second kappa shape index (κ2) is 2.83. The van der Waals surface area contributed by atoms with Crippen molar-refractivity contribution in [1.29, 1.82) is 0 Å². The second-order valence-corrected chi connectivity index (χ2v) is 5.79. The van der Waals surface area contributed by atoms with E-state index >= 15 is 0 Å². The summed E-state index contributed by atoms with van der Waals surface area (Å²) in [6, 6.07) is 0. The quantitative estimate of drug-likeness (QED) is 0.551. The first-order valence-electron chi connectivity index (χ1n) is 3.26. The average molecular weight is 209 g/mol. The zero-order valence-electron chi connectivity index (χ0n) is 5.21. The molecule has 2 aliphatic heterocycles. The molecule has 9 heavy (non-hydrogen) atoms. The molecule has 0 N–H and O–H groups in total. The molecule has 0 amide bonds. The Balaban J connectivity index is 1.96. The van der Waals surface area contributed by atoms with Crippen molar-refractivity contribution in [3.05, 3.63) is 0 Å². The normalized spacial score (nSPS) is 42.7. The van der Waals surface area contributed by atoms with Gasteiger partial charge in [-0.05, 0) is 0 Å². The van der Waals surface area contributed by atoms with Gasteiger partial charge < -0.3 is 0 Å². The van der Waals surface area contributed by atoms with Crippen molar-refractivity contribution >= 4 is 26.7 Å². The molecule has 2 unspecified atom stereocenters. The van der Waals surface area contributed by atoms with Crippen molar-refractivity contribution in [2.45, 2.75) is 22.8 Å². The monoisotopic (exact) mass is 210 g/mol. The molecule has 1 nitrogen and oxygen atoms in total. The Morgan fingerprint density at radius 2 is 1.89 bits per heavy atom. The first-order valence-corrected chi connectivity index (χ1v) is 6.84. The zero-order chi connectivity index (χ0) is 6.10. The van der Waals surface area contributed by atoms with Gasteiger partial charge in [0.05, 0.1) is 0 Å². The van der Waals surface area contributed by atoms with Crippen LogP contribution >= 0.6 is 11.8 Å². The van der Waals surface area contributed by atoms with Crippen LogP contribution in [0.5, 0.6) is 0 Å². The summed E-state index contributed by atoms with van der Waals surface area (Å²) in [6.45, 7) is 0. The summed E-state index contributed by atoms with van der Waals surface area (Å²) in [5.41, 5.74) is 0. The van der Waals surface area contributed by atoms with E-state index in [4.69, 9.17) is 4.74 Å². The fraction of sp³-hybridized carbons (Fsp3) is 1.00. The Kier molecular flexibility index (Phi) is 2.05. The van der Waals surface area contributed by atoms with E-state index in [0.29, 0.717) is 12.2 Å². The number of fused-ring (bicyclic) bond motifs is 2. The molecule has 2 fully saturated rings. The van der Waals surface area contributed by atoms with Crippen LogP contribution in [0, 0.1) is 0 Å². The van der Waals surface area contributed by atoms with Crippen LogP contribution in [0.25, 0.3) is 0 Å². The first-order chi connectivity index (χ1) is 4.45. The van der Waals surface area contributed by atoms with Crippen LogP contribution in [0.15, 0.2) is 0 Å². The van der Waals surface area contributed by atoms with Gasteiger partial charge in [-0.25, -0.2) is 0 Å². The molecule has 0 spiro atoms. The number of hydrogen-bond acceptors (Lipinski definition) is 2. The molecule has 0 aliphatic carbocycles. The SMILES string of the molecule is C1SCC2C[Se]CC1O2. The second-order valence-electron chi connectivity index (χ2n) is 2.46. The van der Waals surface area contributed by atoms with Gasteiger partial charge in [0.2, 0.25) is 0 Å². The topological polar surface area (TPSA) is 9.23 Å². The minimum absolute atomic E-state index is 0.641. The van der Waals surface area contributed by atoms with Crippen molar-refractivity contribution in [3.63, 3.8) is 0 Å². The van der Waals surface area contributed by atoms with Gasteiger partial charge in [0.1, 0.15) is 0 Å². The van der Waals surface area contributed by atoms with Gasteiger partial charge in [-0.3, -0.25) is 0 Å². The number of ether oxygens (including phenoxy) is 1. The molecule has 3 heteroatoms. The van der Waals surface area contributed by atoms with E-state index in [-0.39, 0.29) is 0 Å². The van der Waals surface area contributed by atoms with Gasteiger partial charge in [0.25, 0.3) is 0 Å². The van der Waals surface area contributed by atoms with Crippen molar-refractivity contribution < 1.29 is 4.74 Å². The Morgan fingerprint density at radius 1 is 1.22 bits per heavy atom. The molecule has 2 aliphatic rings. The van der Waals surface area contributed by atoms with E-state index in [1.165, 1.54) is 22.1 Å². The molecule has 2 saturated heterocycles. The van der Waals surface area contributed by atoms with Gasteiger partial charge >= 0.3 is 65.8 Å². The average Bonchev–Trinajstić information content (AvgIpc) is 1.88. The van der Waals surface area contributed by atoms with Crippen LogP contribution in [0.3, 0.4) is 0 Å². The minimum atomic E-state index is 0.641. The van der Waals surface area contributed by atoms with Gasteiger partial charge in [0.15, 0.2) is 0 Å². The van der Waals surface area contributed by atoms with Crippen LogP contribution in [-0.4, -0.2) is 38.7 Å². The summed E-state index contributed by atoms with van der Waals surface area (Å²) in [4.78, 5) is 0. The van der Waals surface area contributed by atoms with Crippen LogP contribution in [0.4, 0.5) is 0 Å². The van der Waals surface area contributed by atoms with Gasteiger partial charge in [-0.15, -0.1) is 0 Å². The standard InChI is InChI=1S/C6H10OSSe/c1-5-3-9-4-6(7-5)2-8-1/h5-6H,1-4H2. The molecule has 0 radical (unpaired) electrons. The fourth-order valence-corrected chi connectivity index (χ4v) is 5.13. The summed E-state index contributed by atoms with van der Waals surface area (Å²) in [6.07, 6.45) is 1.28. The van der Waals surface area contributed by atoms with Gasteiger partial charge in [-0.2, -0.15) is 0 Å². The number of hydrogen-bond donors (Lipinski definition) is 0. The van der Waals surface area contributed by atoms with Crippen LogP contribution in [-0.2, 0) is 4.74 Å². The molecule has 0 aromatic rings. The molecule has 2 atom stereocenters. The van der Waals surface area contributed by atoms with E-state index < -0.39 is 0 Å². The van der Waals surface area contributed by atoms with Crippen LogP contribution in [0.1, 0.15) is 0 Å². The van der Waals surface area contributed by atoms with Crippen LogP contribution < -0.4 is 0 Å². The molecule has 0 saturated carbocycles. The third-order valence-corrected chi connectivity index (χ3v) is 5.36. The van der Waals surface area contributed by atoms with Crippen molar-refractivity contribution in [2.24, 2.45) is 0 Å². The van der Waals surface area contributed by atoms with E-state index in [1.807, 2.05) is 0 Å². The van der Waals surface area contributed by atoms with Gasteiger partial charge in [0, 0.05) is 0 Å². The summed E-state index contributed by atoms with van der Waals surface area (Å²) in [5.74, 6) is 2.52. The maximum atomic E-state index is 5.72. The third-order valence-electron chi connectivity index (χ3n) is 1.60. The Labute approximate surface area is 66.1 Å². The van der Waals surface area contributed by atoms with Gasteiger partial charge in [-0.1, -0.05) is 0 Å². The molecule has 52 valence electrons. The number of rotatable bonds is 0. The van der Waals surface area contributed by atoms with E-state index in [0.717, 1.165) is 15.0 Å². The third kappa shape index (κ3) is 1.45. The zero-order valence-corrected chi connectivity index (χ0v) is 7.74. The molecular weight excluding hydrogens is 199 g/mol. The Morgan fingerprint density at radius 3 is 2.44 bits per heavy atom. The summed E-state index contributed by atoms with van der Waals surface area (Å²) in [7, 11) is 0. The maximum absolute atomic E-state index is 5.72. The Hall–Kier alpha value is 0.829. The van der Waals surface area contributed by atoms with E-state index in [1.54, 1.807) is 0 Å². The molecule has 2 rings (SSSR count). The number of thioether (sulfide) groups is 1. The molecule has 2 heterocycles. The molecule has 2 bridgehead atoms. The van der Waals surface area contributed by atoms with E-state index in [9.17, 15) is 0 Å². The first kappa shape index (κ1) is 6.53.